The van der Waals surface area contributed by atoms with Crippen molar-refractivity contribution in [2.24, 2.45) is 11.8 Å². The second kappa shape index (κ2) is 12.0. The van der Waals surface area contributed by atoms with Gasteiger partial charge in [0.15, 0.2) is 0 Å². The number of carbonyl (C=O) groups is 2. The molecular formula is C28H33F9N4O4. The van der Waals surface area contributed by atoms with Crippen molar-refractivity contribution < 1.29 is 58.9 Å². The van der Waals surface area contributed by atoms with Gasteiger partial charge < -0.3 is 19.6 Å². The van der Waals surface area contributed by atoms with Gasteiger partial charge >= 0.3 is 30.6 Å². The van der Waals surface area contributed by atoms with E-state index in [0.717, 1.165) is 23.5 Å². The number of ether oxygens (including phenoxy) is 1. The molecule has 8 nitrogen and oxygen atoms in total. The second-order valence-electron chi connectivity index (χ2n) is 12.4. The lowest BCUT2D eigenvalue weighted by molar-refractivity contribution is -0.308. The number of rotatable bonds is 6. The van der Waals surface area contributed by atoms with Gasteiger partial charge in [-0.2, -0.15) is 39.5 Å². The normalized spacial score (nSPS) is 24.6. The van der Waals surface area contributed by atoms with E-state index in [0.29, 0.717) is 50.4 Å². The molecule has 0 bridgehead atoms. The highest BCUT2D eigenvalue weighted by Gasteiger charge is 2.60. The summed E-state index contributed by atoms with van der Waals surface area (Å²) in [5.74, 6) is -0.743. The van der Waals surface area contributed by atoms with Crippen molar-refractivity contribution in [1.82, 2.24) is 14.7 Å². The van der Waals surface area contributed by atoms with Crippen molar-refractivity contribution in [3.63, 3.8) is 0 Å². The Bertz CT molecular complexity index is 1240. The fourth-order valence-electron chi connectivity index (χ4n) is 7.39. The van der Waals surface area contributed by atoms with Gasteiger partial charge in [-0.3, -0.25) is 14.6 Å². The van der Waals surface area contributed by atoms with Gasteiger partial charge in [-0.1, -0.05) is 6.07 Å². The highest BCUT2D eigenvalue weighted by atomic mass is 19.4. The Morgan fingerprint density at radius 3 is 2.02 bits per heavy atom. The lowest BCUT2D eigenvalue weighted by Crippen LogP contribution is -2.54. The van der Waals surface area contributed by atoms with Crippen LogP contribution in [0.15, 0.2) is 18.2 Å². The van der Waals surface area contributed by atoms with Gasteiger partial charge in [0.05, 0.1) is 12.1 Å². The quantitative estimate of drug-likeness (QED) is 0.420. The SMILES string of the molecule is O=C(O)CN1CC2CN(c3cc(C(F)(F)F)ccc3CN3CCCC34CCN(C(=O)OC(C(F)(F)F)C(F)(F)F)CC4)CC2C1. The van der Waals surface area contributed by atoms with Gasteiger partial charge in [-0.25, -0.2) is 4.79 Å². The molecule has 5 rings (SSSR count). The molecule has 252 valence electrons. The fourth-order valence-corrected chi connectivity index (χ4v) is 7.39. The molecule has 2 atom stereocenters. The third-order valence-corrected chi connectivity index (χ3v) is 9.54. The first kappa shape index (κ1) is 33.4. The summed E-state index contributed by atoms with van der Waals surface area (Å²) in [6.45, 7) is 2.45. The number of nitrogens with zero attached hydrogens (tertiary/aromatic N) is 4. The number of carbonyl (C=O) groups excluding carboxylic acids is 1. The zero-order chi connectivity index (χ0) is 32.9. The molecule has 0 aromatic heterocycles. The van der Waals surface area contributed by atoms with Crippen molar-refractivity contribution in [3.05, 3.63) is 29.3 Å². The summed E-state index contributed by atoms with van der Waals surface area (Å²) in [6.07, 6.45) is -20.3. The molecule has 1 aromatic carbocycles. The molecular weight excluding hydrogens is 627 g/mol. The molecule has 1 amide bonds. The number of amides is 1. The molecule has 4 saturated heterocycles. The summed E-state index contributed by atoms with van der Waals surface area (Å²) in [6, 6.07) is 3.59. The van der Waals surface area contributed by atoms with Crippen LogP contribution in [0.25, 0.3) is 0 Å². The van der Waals surface area contributed by atoms with Gasteiger partial charge in [0, 0.05) is 57.0 Å². The van der Waals surface area contributed by atoms with Crippen molar-refractivity contribution in [1.29, 1.82) is 0 Å². The predicted molar refractivity (Wildman–Crippen MR) is 140 cm³/mol. The smallest absolute Gasteiger partial charge is 0.434 e. The van der Waals surface area contributed by atoms with E-state index in [9.17, 15) is 49.1 Å². The molecule has 0 aliphatic carbocycles. The Kier molecular flexibility index (Phi) is 8.92. The van der Waals surface area contributed by atoms with Crippen molar-refractivity contribution in [2.45, 2.75) is 62.4 Å². The number of carboxylic acid groups (broad SMARTS) is 1. The highest BCUT2D eigenvalue weighted by molar-refractivity contribution is 5.69. The lowest BCUT2D eigenvalue weighted by Gasteiger charge is -2.45. The average Bonchev–Trinajstić information content (AvgIpc) is 3.59. The van der Waals surface area contributed by atoms with E-state index in [1.54, 1.807) is 0 Å². The maximum absolute atomic E-state index is 13.7. The summed E-state index contributed by atoms with van der Waals surface area (Å²) in [5.41, 5.74) is -0.267. The number of aliphatic carboxylic acids is 1. The van der Waals surface area contributed by atoms with E-state index < -0.39 is 47.8 Å². The number of halogens is 9. The van der Waals surface area contributed by atoms with Crippen LogP contribution in [-0.4, -0.2) is 108 Å². The van der Waals surface area contributed by atoms with Crippen LogP contribution < -0.4 is 4.90 Å². The van der Waals surface area contributed by atoms with Crippen LogP contribution in [0, 0.1) is 11.8 Å². The van der Waals surface area contributed by atoms with Crippen molar-refractivity contribution in [2.75, 3.05) is 57.3 Å². The number of piperidine rings is 1. The summed E-state index contributed by atoms with van der Waals surface area (Å²) >= 11 is 0. The number of carboxylic acids is 1. The minimum Gasteiger partial charge on any atom is -0.480 e. The number of anilines is 1. The lowest BCUT2D eigenvalue weighted by atomic mass is 9.84. The molecule has 1 spiro atoms. The van der Waals surface area contributed by atoms with Gasteiger partial charge in [-0.15, -0.1) is 0 Å². The molecule has 1 N–H and O–H groups in total. The minimum absolute atomic E-state index is 0.0980. The van der Waals surface area contributed by atoms with Crippen molar-refractivity contribution in [3.8, 4) is 0 Å². The van der Waals surface area contributed by atoms with Crippen LogP contribution >= 0.6 is 0 Å². The van der Waals surface area contributed by atoms with Gasteiger partial charge in [-0.05, 0) is 61.8 Å². The highest BCUT2D eigenvalue weighted by Crippen LogP contribution is 2.43. The number of hydrogen-bond acceptors (Lipinski definition) is 6. The standard InChI is InChI=1S/C28H33F9N4O4/c29-26(30,31)20-3-2-17(21(10-20)40-13-18-11-38(16-22(42)43)12-19(18)14-40)15-41-7-1-4-25(41)5-8-39(9-6-25)24(44)45-23(27(32,33)34)28(35,36)37/h2-3,10,18-19,23H,1,4-9,11-16H2,(H,42,43). The topological polar surface area (TPSA) is 76.6 Å². The van der Waals surface area contributed by atoms with E-state index in [-0.39, 0.29) is 50.9 Å². The molecule has 4 aliphatic heterocycles. The summed E-state index contributed by atoms with van der Waals surface area (Å²) in [4.78, 5) is 30.1. The Balaban J connectivity index is 1.28. The first-order valence-corrected chi connectivity index (χ1v) is 14.6. The maximum atomic E-state index is 13.7. The number of fused-ring (bicyclic) bond motifs is 1. The molecule has 0 radical (unpaired) electrons. The zero-order valence-corrected chi connectivity index (χ0v) is 24.0. The Morgan fingerprint density at radius 1 is 0.889 bits per heavy atom. The van der Waals surface area contributed by atoms with Crippen LogP contribution in [0.5, 0.6) is 0 Å². The van der Waals surface area contributed by atoms with E-state index in [1.165, 1.54) is 6.07 Å². The summed E-state index contributed by atoms with van der Waals surface area (Å²) in [7, 11) is 0. The van der Waals surface area contributed by atoms with E-state index >= 15 is 0 Å². The third-order valence-electron chi connectivity index (χ3n) is 9.54. The van der Waals surface area contributed by atoms with Gasteiger partial charge in [0.25, 0.3) is 6.10 Å². The summed E-state index contributed by atoms with van der Waals surface area (Å²) < 4.78 is 122. The number of benzene rings is 1. The number of likely N-dealkylation sites (tertiary alicyclic amines) is 3. The molecule has 1 aromatic rings. The fraction of sp³-hybridized carbons (Fsp3) is 0.714. The molecule has 4 fully saturated rings. The predicted octanol–water partition coefficient (Wildman–Crippen LogP) is 5.22. The molecule has 2 unspecified atom stereocenters. The first-order chi connectivity index (χ1) is 20.9. The van der Waals surface area contributed by atoms with Gasteiger partial charge in [0.2, 0.25) is 0 Å². The largest absolute Gasteiger partial charge is 0.480 e. The van der Waals surface area contributed by atoms with E-state index in [1.807, 2.05) is 9.80 Å². The molecule has 45 heavy (non-hydrogen) atoms. The zero-order valence-electron chi connectivity index (χ0n) is 24.0. The summed E-state index contributed by atoms with van der Waals surface area (Å²) in [5, 5.41) is 9.11. The Labute approximate surface area is 252 Å². The van der Waals surface area contributed by atoms with Crippen LogP contribution in [0.3, 0.4) is 0 Å². The molecule has 4 heterocycles. The maximum Gasteiger partial charge on any atom is 0.434 e. The Hall–Kier alpha value is -2.95. The van der Waals surface area contributed by atoms with Crippen LogP contribution in [0.2, 0.25) is 0 Å². The third kappa shape index (κ3) is 7.23. The number of hydrogen-bond donors (Lipinski definition) is 1. The molecule has 0 saturated carbocycles. The van der Waals surface area contributed by atoms with Crippen molar-refractivity contribution >= 4 is 17.7 Å². The van der Waals surface area contributed by atoms with Gasteiger partial charge in [0.1, 0.15) is 0 Å². The second-order valence-corrected chi connectivity index (χ2v) is 12.4. The number of alkyl halides is 9. The van der Waals surface area contributed by atoms with E-state index in [4.69, 9.17) is 5.11 Å². The van der Waals surface area contributed by atoms with E-state index in [2.05, 4.69) is 9.64 Å². The Morgan fingerprint density at radius 2 is 1.49 bits per heavy atom. The molecule has 17 heteroatoms. The van der Waals surface area contributed by atoms with Crippen LogP contribution in [0.1, 0.15) is 36.8 Å². The first-order valence-electron chi connectivity index (χ1n) is 14.6. The molecule has 4 aliphatic rings. The average molecular weight is 661 g/mol. The van der Waals surface area contributed by atoms with Crippen LogP contribution in [-0.2, 0) is 22.3 Å². The monoisotopic (exact) mass is 660 g/mol. The minimum atomic E-state index is -5.82. The van der Waals surface area contributed by atoms with Crippen LogP contribution in [0.4, 0.5) is 50.0 Å².